The smallest absolute Gasteiger partial charge is 0.159 e. The van der Waals surface area contributed by atoms with Crippen LogP contribution >= 0.6 is 0 Å². The van der Waals surface area contributed by atoms with Crippen molar-refractivity contribution in [2.45, 2.75) is 18.3 Å². The molecule has 1 fully saturated rings. The van der Waals surface area contributed by atoms with E-state index in [1.54, 1.807) is 0 Å². The van der Waals surface area contributed by atoms with Crippen LogP contribution in [-0.4, -0.2) is 13.2 Å². The van der Waals surface area contributed by atoms with Gasteiger partial charge in [-0.05, 0) is 30.5 Å². The third-order valence-electron chi connectivity index (χ3n) is 3.03. The van der Waals surface area contributed by atoms with Crippen LogP contribution < -0.4 is 0 Å². The monoisotopic (exact) mass is 223 g/mol. The van der Waals surface area contributed by atoms with Gasteiger partial charge in [-0.1, -0.05) is 6.07 Å². The Bertz CT molecular complexity index is 433. The largest absolute Gasteiger partial charge is 0.381 e. The van der Waals surface area contributed by atoms with Gasteiger partial charge < -0.3 is 4.74 Å². The van der Waals surface area contributed by atoms with E-state index in [9.17, 15) is 14.0 Å². The molecule has 84 valence electrons. The van der Waals surface area contributed by atoms with Crippen LogP contribution in [0.3, 0.4) is 0 Å². The van der Waals surface area contributed by atoms with Gasteiger partial charge in [0.1, 0.15) is 0 Å². The first-order valence-corrected chi connectivity index (χ1v) is 5.12. The maximum atomic E-state index is 13.1. The van der Waals surface area contributed by atoms with E-state index in [2.05, 4.69) is 6.07 Å². The highest BCUT2D eigenvalue weighted by molar-refractivity contribution is 5.33. The summed E-state index contributed by atoms with van der Waals surface area (Å²) in [6.07, 6.45) is 1.04. The topological polar surface area (TPSA) is 33.0 Å². The SMILES string of the molecule is N#CC1(c2ccc(F)c(F)c2)CCOCC1. The summed E-state index contributed by atoms with van der Waals surface area (Å²) < 4.78 is 31.1. The van der Waals surface area contributed by atoms with Crippen LogP contribution in [0.15, 0.2) is 18.2 Å². The number of nitriles is 1. The molecule has 0 radical (unpaired) electrons. The van der Waals surface area contributed by atoms with Gasteiger partial charge in [-0.25, -0.2) is 8.78 Å². The number of rotatable bonds is 1. The summed E-state index contributed by atoms with van der Waals surface area (Å²) in [5.41, 5.74) is -0.190. The Labute approximate surface area is 92.5 Å². The van der Waals surface area contributed by atoms with Crippen LogP contribution in [0, 0.1) is 23.0 Å². The summed E-state index contributed by atoms with van der Waals surface area (Å²) in [7, 11) is 0. The van der Waals surface area contributed by atoms with E-state index in [4.69, 9.17) is 4.74 Å². The number of hydrogen-bond donors (Lipinski definition) is 0. The van der Waals surface area contributed by atoms with Gasteiger partial charge in [0.2, 0.25) is 0 Å². The van der Waals surface area contributed by atoms with Crippen molar-refractivity contribution in [1.29, 1.82) is 5.26 Å². The first kappa shape index (κ1) is 11.0. The molecule has 4 heteroatoms. The maximum absolute atomic E-state index is 13.1. The Morgan fingerprint density at radius 1 is 1.19 bits per heavy atom. The molecule has 0 bridgehead atoms. The van der Waals surface area contributed by atoms with Crippen molar-refractivity contribution in [1.82, 2.24) is 0 Å². The van der Waals surface area contributed by atoms with Crippen LogP contribution in [0.1, 0.15) is 18.4 Å². The quantitative estimate of drug-likeness (QED) is 0.733. The molecular formula is C12H11F2NO. The predicted molar refractivity (Wildman–Crippen MR) is 53.7 cm³/mol. The second-order valence-corrected chi connectivity index (χ2v) is 3.94. The predicted octanol–water partition coefficient (Wildman–Crippen LogP) is 2.54. The van der Waals surface area contributed by atoms with Crippen molar-refractivity contribution in [3.05, 3.63) is 35.4 Å². The van der Waals surface area contributed by atoms with Crippen molar-refractivity contribution < 1.29 is 13.5 Å². The number of hydrogen-bond acceptors (Lipinski definition) is 2. The fourth-order valence-corrected chi connectivity index (χ4v) is 1.98. The summed E-state index contributed by atoms with van der Waals surface area (Å²) in [5.74, 6) is -1.79. The normalized spacial score (nSPS) is 19.1. The molecule has 0 saturated carbocycles. The molecule has 2 nitrogen and oxygen atoms in total. The zero-order valence-electron chi connectivity index (χ0n) is 8.67. The van der Waals surface area contributed by atoms with E-state index in [0.29, 0.717) is 31.6 Å². The number of nitrogens with zero attached hydrogens (tertiary/aromatic N) is 1. The average molecular weight is 223 g/mol. The molecule has 16 heavy (non-hydrogen) atoms. The summed E-state index contributed by atoms with van der Waals surface area (Å²) in [6.45, 7) is 0.957. The molecule has 0 atom stereocenters. The van der Waals surface area contributed by atoms with Gasteiger partial charge in [-0.15, -0.1) is 0 Å². The lowest BCUT2D eigenvalue weighted by molar-refractivity contribution is 0.0674. The Hall–Kier alpha value is -1.47. The van der Waals surface area contributed by atoms with Crippen LogP contribution in [0.4, 0.5) is 8.78 Å². The van der Waals surface area contributed by atoms with E-state index in [-0.39, 0.29) is 0 Å². The average Bonchev–Trinajstić information content (AvgIpc) is 2.33. The fourth-order valence-electron chi connectivity index (χ4n) is 1.98. The highest BCUT2D eigenvalue weighted by atomic mass is 19.2. The van der Waals surface area contributed by atoms with Crippen molar-refractivity contribution in [2.75, 3.05) is 13.2 Å². The first-order chi connectivity index (χ1) is 7.68. The van der Waals surface area contributed by atoms with Gasteiger partial charge in [0, 0.05) is 13.2 Å². The molecule has 1 aliphatic heterocycles. The number of halogens is 2. The lowest BCUT2D eigenvalue weighted by Crippen LogP contribution is -2.32. The molecular weight excluding hydrogens is 212 g/mol. The zero-order chi connectivity index (χ0) is 11.6. The Kier molecular flexibility index (Phi) is 2.88. The summed E-state index contributed by atoms with van der Waals surface area (Å²) in [5, 5.41) is 9.23. The highest BCUT2D eigenvalue weighted by Gasteiger charge is 2.35. The minimum atomic E-state index is -0.904. The number of ether oxygens (including phenoxy) is 1. The molecule has 0 spiro atoms. The molecule has 0 amide bonds. The Morgan fingerprint density at radius 3 is 2.44 bits per heavy atom. The molecule has 1 aliphatic rings. The van der Waals surface area contributed by atoms with E-state index in [0.717, 1.165) is 12.1 Å². The minimum Gasteiger partial charge on any atom is -0.381 e. The second kappa shape index (κ2) is 4.18. The molecule has 0 N–H and O–H groups in total. The summed E-state index contributed by atoms with van der Waals surface area (Å²) in [6, 6.07) is 5.87. The second-order valence-electron chi connectivity index (χ2n) is 3.94. The van der Waals surface area contributed by atoms with E-state index >= 15 is 0 Å². The number of benzene rings is 1. The molecule has 1 heterocycles. The van der Waals surface area contributed by atoms with Crippen LogP contribution in [-0.2, 0) is 10.2 Å². The van der Waals surface area contributed by atoms with Crippen molar-refractivity contribution in [3.63, 3.8) is 0 Å². The molecule has 1 aromatic carbocycles. The van der Waals surface area contributed by atoms with Gasteiger partial charge >= 0.3 is 0 Å². The molecule has 2 rings (SSSR count). The highest BCUT2D eigenvalue weighted by Crippen LogP contribution is 2.34. The van der Waals surface area contributed by atoms with E-state index in [1.165, 1.54) is 6.07 Å². The van der Waals surface area contributed by atoms with Crippen molar-refractivity contribution >= 4 is 0 Å². The Morgan fingerprint density at radius 2 is 1.88 bits per heavy atom. The zero-order valence-corrected chi connectivity index (χ0v) is 8.67. The minimum absolute atomic E-state index is 0.479. The van der Waals surface area contributed by atoms with Gasteiger partial charge in [-0.2, -0.15) is 5.26 Å². The molecule has 0 aliphatic carbocycles. The lowest BCUT2D eigenvalue weighted by Gasteiger charge is -2.31. The lowest BCUT2D eigenvalue weighted by atomic mass is 9.75. The van der Waals surface area contributed by atoms with Gasteiger partial charge in [0.25, 0.3) is 0 Å². The van der Waals surface area contributed by atoms with E-state index in [1.807, 2.05) is 0 Å². The third-order valence-corrected chi connectivity index (χ3v) is 3.03. The third kappa shape index (κ3) is 1.79. The van der Waals surface area contributed by atoms with Crippen molar-refractivity contribution in [3.8, 4) is 6.07 Å². The Balaban J connectivity index is 2.40. The molecule has 0 unspecified atom stereocenters. The molecule has 1 saturated heterocycles. The van der Waals surface area contributed by atoms with E-state index < -0.39 is 17.0 Å². The van der Waals surface area contributed by atoms with Gasteiger partial charge in [0.05, 0.1) is 11.5 Å². The maximum Gasteiger partial charge on any atom is 0.159 e. The first-order valence-electron chi connectivity index (χ1n) is 5.12. The molecule has 1 aromatic rings. The summed E-state index contributed by atoms with van der Waals surface area (Å²) >= 11 is 0. The van der Waals surface area contributed by atoms with Gasteiger partial charge in [0.15, 0.2) is 11.6 Å². The summed E-state index contributed by atoms with van der Waals surface area (Å²) in [4.78, 5) is 0. The van der Waals surface area contributed by atoms with Crippen LogP contribution in [0.2, 0.25) is 0 Å². The fraction of sp³-hybridized carbons (Fsp3) is 0.417. The van der Waals surface area contributed by atoms with Crippen LogP contribution in [0.25, 0.3) is 0 Å². The van der Waals surface area contributed by atoms with Gasteiger partial charge in [-0.3, -0.25) is 0 Å². The standard InChI is InChI=1S/C12H11F2NO/c13-10-2-1-9(7-11(10)14)12(8-15)3-5-16-6-4-12/h1-2,7H,3-6H2. The molecule has 0 aromatic heterocycles. The van der Waals surface area contributed by atoms with Crippen LogP contribution in [0.5, 0.6) is 0 Å². The van der Waals surface area contributed by atoms with Crippen molar-refractivity contribution in [2.24, 2.45) is 0 Å².